The highest BCUT2D eigenvalue weighted by molar-refractivity contribution is 6.22. The van der Waals surface area contributed by atoms with Crippen LogP contribution in [0.15, 0.2) is 18.2 Å². The second-order valence-corrected chi connectivity index (χ2v) is 5.87. The van der Waals surface area contributed by atoms with Crippen molar-refractivity contribution in [1.82, 2.24) is 4.90 Å². The predicted molar refractivity (Wildman–Crippen MR) is 77.4 cm³/mol. The highest BCUT2D eigenvalue weighted by atomic mass is 16.4. The Bertz CT molecular complexity index is 606. The van der Waals surface area contributed by atoms with E-state index in [1.807, 2.05) is 6.92 Å². The lowest BCUT2D eigenvalue weighted by molar-refractivity contribution is 0.0585. The minimum absolute atomic E-state index is 0.0200. The molecule has 1 aliphatic rings. The van der Waals surface area contributed by atoms with Gasteiger partial charge in [0.15, 0.2) is 0 Å². The molecule has 1 aromatic rings. The van der Waals surface area contributed by atoms with Gasteiger partial charge in [0.25, 0.3) is 11.8 Å². The van der Waals surface area contributed by atoms with Crippen LogP contribution in [-0.2, 0) is 0 Å². The summed E-state index contributed by atoms with van der Waals surface area (Å²) < 4.78 is 0. The van der Waals surface area contributed by atoms with Crippen molar-refractivity contribution < 1.29 is 19.5 Å². The van der Waals surface area contributed by atoms with Gasteiger partial charge in [0.2, 0.25) is 0 Å². The number of carbonyl (C=O) groups is 3. The molecular weight excluding hydrogens is 270 g/mol. The largest absolute Gasteiger partial charge is 0.478 e. The summed E-state index contributed by atoms with van der Waals surface area (Å²) >= 11 is 0. The van der Waals surface area contributed by atoms with Gasteiger partial charge >= 0.3 is 5.97 Å². The van der Waals surface area contributed by atoms with E-state index in [0.29, 0.717) is 11.5 Å². The summed E-state index contributed by atoms with van der Waals surface area (Å²) in [6.45, 7) is 6.03. The number of fused-ring (bicyclic) bond motifs is 1. The number of amides is 2. The fourth-order valence-electron chi connectivity index (χ4n) is 2.50. The zero-order chi connectivity index (χ0) is 15.7. The van der Waals surface area contributed by atoms with Crippen molar-refractivity contribution in [3.05, 3.63) is 34.9 Å². The lowest BCUT2D eigenvalue weighted by atomic mass is 10.0. The van der Waals surface area contributed by atoms with Crippen molar-refractivity contribution >= 4 is 17.8 Å². The number of carboxylic acid groups (broad SMARTS) is 1. The van der Waals surface area contributed by atoms with Gasteiger partial charge in [0.05, 0.1) is 16.7 Å². The van der Waals surface area contributed by atoms with E-state index in [1.165, 1.54) is 23.1 Å². The topological polar surface area (TPSA) is 74.7 Å². The van der Waals surface area contributed by atoms with Gasteiger partial charge in [-0.15, -0.1) is 0 Å². The average molecular weight is 289 g/mol. The third-order valence-electron chi connectivity index (χ3n) is 3.77. The molecule has 1 aliphatic heterocycles. The summed E-state index contributed by atoms with van der Waals surface area (Å²) in [6, 6.07) is 3.88. The van der Waals surface area contributed by atoms with Crippen LogP contribution in [0, 0.1) is 5.92 Å². The summed E-state index contributed by atoms with van der Waals surface area (Å²) in [6.07, 6.45) is 1.67. The van der Waals surface area contributed by atoms with Crippen LogP contribution < -0.4 is 0 Å². The maximum atomic E-state index is 12.4. The molecule has 2 amide bonds. The Hall–Kier alpha value is -2.17. The molecule has 1 unspecified atom stereocenters. The molecule has 21 heavy (non-hydrogen) atoms. The summed E-state index contributed by atoms with van der Waals surface area (Å²) in [5.41, 5.74) is 0.504. The number of hydrogen-bond acceptors (Lipinski definition) is 3. The lowest BCUT2D eigenvalue weighted by Crippen LogP contribution is -2.38. The Kier molecular flexibility index (Phi) is 4.11. The first-order valence-electron chi connectivity index (χ1n) is 7.08. The normalized spacial score (nSPS) is 15.5. The Morgan fingerprint density at radius 3 is 2.29 bits per heavy atom. The second-order valence-electron chi connectivity index (χ2n) is 5.87. The van der Waals surface area contributed by atoms with E-state index >= 15 is 0 Å². The number of carbonyl (C=O) groups excluding carboxylic acids is 2. The van der Waals surface area contributed by atoms with Crippen LogP contribution in [0.5, 0.6) is 0 Å². The quantitative estimate of drug-likeness (QED) is 0.846. The number of benzene rings is 1. The molecule has 0 fully saturated rings. The third kappa shape index (κ3) is 2.82. The molecule has 1 atom stereocenters. The molecule has 2 rings (SSSR count). The van der Waals surface area contributed by atoms with Crippen molar-refractivity contribution in [2.75, 3.05) is 0 Å². The molecule has 0 radical (unpaired) electrons. The standard InChI is InChI=1S/C16H19NO4/c1-9(2)4-5-10(3)17-14(18)12-7-6-11(16(20)21)8-13(12)15(17)19/h6-10H,4-5H2,1-3H3,(H,20,21). The predicted octanol–water partition coefficient (Wildman–Crippen LogP) is 2.81. The lowest BCUT2D eigenvalue weighted by Gasteiger charge is -2.23. The fraction of sp³-hybridized carbons (Fsp3) is 0.438. The van der Waals surface area contributed by atoms with Gasteiger partial charge in [0.1, 0.15) is 0 Å². The Balaban J connectivity index is 2.27. The van der Waals surface area contributed by atoms with Gasteiger partial charge in [-0.3, -0.25) is 14.5 Å². The zero-order valence-electron chi connectivity index (χ0n) is 12.4. The van der Waals surface area contributed by atoms with Gasteiger partial charge in [-0.05, 0) is 43.9 Å². The zero-order valence-corrected chi connectivity index (χ0v) is 12.4. The number of aromatic carboxylic acids is 1. The summed E-state index contributed by atoms with van der Waals surface area (Å²) in [7, 11) is 0. The van der Waals surface area contributed by atoms with E-state index in [-0.39, 0.29) is 23.1 Å². The molecule has 1 aromatic carbocycles. The minimum atomic E-state index is -1.11. The molecule has 112 valence electrons. The Morgan fingerprint density at radius 1 is 1.10 bits per heavy atom. The van der Waals surface area contributed by atoms with Gasteiger partial charge in [-0.25, -0.2) is 4.79 Å². The van der Waals surface area contributed by atoms with Crippen LogP contribution in [0.3, 0.4) is 0 Å². The monoisotopic (exact) mass is 289 g/mol. The first kappa shape index (κ1) is 15.2. The van der Waals surface area contributed by atoms with E-state index < -0.39 is 11.9 Å². The van der Waals surface area contributed by atoms with Gasteiger partial charge < -0.3 is 5.11 Å². The summed E-state index contributed by atoms with van der Waals surface area (Å²) in [4.78, 5) is 36.9. The molecule has 0 spiro atoms. The van der Waals surface area contributed by atoms with E-state index in [0.717, 1.165) is 12.8 Å². The average Bonchev–Trinajstić information content (AvgIpc) is 2.68. The molecule has 0 saturated heterocycles. The first-order chi connectivity index (χ1) is 9.82. The first-order valence-corrected chi connectivity index (χ1v) is 7.08. The van der Waals surface area contributed by atoms with Crippen molar-refractivity contribution in [3.8, 4) is 0 Å². The second kappa shape index (κ2) is 5.68. The maximum absolute atomic E-state index is 12.4. The van der Waals surface area contributed by atoms with Crippen LogP contribution in [0.25, 0.3) is 0 Å². The SMILES string of the molecule is CC(C)CCC(C)N1C(=O)c2ccc(C(=O)O)cc2C1=O. The van der Waals surface area contributed by atoms with E-state index in [4.69, 9.17) is 5.11 Å². The van der Waals surface area contributed by atoms with Gasteiger partial charge in [-0.2, -0.15) is 0 Å². The summed E-state index contributed by atoms with van der Waals surface area (Å²) in [5.74, 6) is -1.33. The number of nitrogens with zero attached hydrogens (tertiary/aromatic N) is 1. The molecule has 1 heterocycles. The van der Waals surface area contributed by atoms with Crippen molar-refractivity contribution in [2.24, 2.45) is 5.92 Å². The van der Waals surface area contributed by atoms with Crippen LogP contribution in [-0.4, -0.2) is 33.8 Å². The molecular formula is C16H19NO4. The van der Waals surface area contributed by atoms with Crippen LogP contribution >= 0.6 is 0 Å². The molecule has 0 aliphatic carbocycles. The maximum Gasteiger partial charge on any atom is 0.335 e. The molecule has 5 heteroatoms. The van der Waals surface area contributed by atoms with E-state index in [1.54, 1.807) is 0 Å². The van der Waals surface area contributed by atoms with Crippen LogP contribution in [0.2, 0.25) is 0 Å². The van der Waals surface area contributed by atoms with Crippen molar-refractivity contribution in [3.63, 3.8) is 0 Å². The highest BCUT2D eigenvalue weighted by Crippen LogP contribution is 2.27. The Labute approximate surface area is 123 Å². The van der Waals surface area contributed by atoms with Crippen molar-refractivity contribution in [1.29, 1.82) is 0 Å². The molecule has 0 bridgehead atoms. The number of hydrogen-bond donors (Lipinski definition) is 1. The van der Waals surface area contributed by atoms with E-state index in [2.05, 4.69) is 13.8 Å². The van der Waals surface area contributed by atoms with Crippen LogP contribution in [0.4, 0.5) is 0 Å². The number of rotatable bonds is 5. The highest BCUT2D eigenvalue weighted by Gasteiger charge is 2.38. The third-order valence-corrected chi connectivity index (χ3v) is 3.77. The van der Waals surface area contributed by atoms with Gasteiger partial charge in [-0.1, -0.05) is 13.8 Å². The smallest absolute Gasteiger partial charge is 0.335 e. The fourth-order valence-corrected chi connectivity index (χ4v) is 2.50. The van der Waals surface area contributed by atoms with E-state index in [9.17, 15) is 14.4 Å². The molecule has 0 saturated carbocycles. The minimum Gasteiger partial charge on any atom is -0.478 e. The number of imide groups is 1. The van der Waals surface area contributed by atoms with Crippen molar-refractivity contribution in [2.45, 2.75) is 39.7 Å². The van der Waals surface area contributed by atoms with Crippen LogP contribution in [0.1, 0.15) is 64.7 Å². The molecule has 1 N–H and O–H groups in total. The molecule has 0 aromatic heterocycles. The molecule has 5 nitrogen and oxygen atoms in total. The van der Waals surface area contributed by atoms with Gasteiger partial charge in [0, 0.05) is 6.04 Å². The Morgan fingerprint density at radius 2 is 1.71 bits per heavy atom. The summed E-state index contributed by atoms with van der Waals surface area (Å²) in [5, 5.41) is 8.98. The number of carboxylic acids is 1.